The number of aliphatic hydroxyl groups excluding tert-OH is 2. The summed E-state index contributed by atoms with van der Waals surface area (Å²) >= 11 is 11.7. The lowest BCUT2D eigenvalue weighted by atomic mass is 10.2. The molecule has 1 aromatic heterocycles. The lowest BCUT2D eigenvalue weighted by Crippen LogP contribution is -2.33. The van der Waals surface area contributed by atoms with Crippen LogP contribution in [0.3, 0.4) is 0 Å². The van der Waals surface area contributed by atoms with Gasteiger partial charge in [0.25, 0.3) is 0 Å². The third kappa shape index (κ3) is 2.19. The summed E-state index contributed by atoms with van der Waals surface area (Å²) in [5.74, 6) is -0.0960. The molecule has 0 saturated carbocycles. The molecule has 18 heavy (non-hydrogen) atoms. The summed E-state index contributed by atoms with van der Waals surface area (Å²) in [6.45, 7) is -0.411. The summed E-state index contributed by atoms with van der Waals surface area (Å²) in [5.41, 5.74) is 4.69. The van der Waals surface area contributed by atoms with E-state index in [1.165, 1.54) is 6.20 Å². The highest BCUT2D eigenvalue weighted by Gasteiger charge is 2.43. The number of aliphatic hydroxyl groups is 2. The zero-order chi connectivity index (χ0) is 13.4. The fourth-order valence-electron chi connectivity index (χ4n) is 1.72. The second-order valence-corrected chi connectivity index (χ2v) is 4.76. The van der Waals surface area contributed by atoms with Crippen molar-refractivity contribution < 1.29 is 14.9 Å². The molecule has 0 amide bonds. The molecule has 1 aromatic rings. The van der Waals surface area contributed by atoms with E-state index in [9.17, 15) is 9.90 Å². The van der Waals surface area contributed by atoms with Gasteiger partial charge in [-0.15, -0.1) is 11.6 Å². The fourth-order valence-corrected chi connectivity index (χ4v) is 2.21. The van der Waals surface area contributed by atoms with Gasteiger partial charge in [0.2, 0.25) is 0 Å². The van der Waals surface area contributed by atoms with Gasteiger partial charge in [0.15, 0.2) is 6.23 Å². The topological polar surface area (TPSA) is 111 Å². The Kier molecular flexibility index (Phi) is 3.79. The van der Waals surface area contributed by atoms with Crippen molar-refractivity contribution in [1.82, 2.24) is 9.55 Å². The SMILES string of the molecule is Nc1nc(=O)n(C2O[C@H](CO)[C@@H](O)[C@H]2Cl)cc1Cl. The van der Waals surface area contributed by atoms with Crippen molar-refractivity contribution in [2.75, 3.05) is 12.3 Å². The number of halogens is 2. The minimum absolute atomic E-state index is 0.0732. The highest BCUT2D eigenvalue weighted by Crippen LogP contribution is 2.32. The summed E-state index contributed by atoms with van der Waals surface area (Å²) in [4.78, 5) is 15.2. The van der Waals surface area contributed by atoms with Crippen molar-refractivity contribution >= 4 is 29.0 Å². The maximum Gasteiger partial charge on any atom is 0.351 e. The Labute approximate surface area is 112 Å². The minimum atomic E-state index is -1.09. The third-order valence-corrected chi connectivity index (χ3v) is 3.45. The van der Waals surface area contributed by atoms with E-state index in [0.29, 0.717) is 0 Å². The molecule has 1 fully saturated rings. The Bertz CT molecular complexity index is 509. The molecular formula is C9H11Cl2N3O4. The van der Waals surface area contributed by atoms with Crippen LogP contribution in [0.25, 0.3) is 0 Å². The Hall–Kier alpha value is -0.860. The average Bonchev–Trinajstić information content (AvgIpc) is 2.61. The van der Waals surface area contributed by atoms with Gasteiger partial charge in [0.05, 0.1) is 11.6 Å². The second kappa shape index (κ2) is 5.02. The van der Waals surface area contributed by atoms with Crippen molar-refractivity contribution in [2.45, 2.75) is 23.8 Å². The number of nitrogens with two attached hydrogens (primary N) is 1. The van der Waals surface area contributed by atoms with Gasteiger partial charge in [0.1, 0.15) is 23.4 Å². The number of ether oxygens (including phenoxy) is 1. The molecule has 2 heterocycles. The first kappa shape index (κ1) is 13.6. The van der Waals surface area contributed by atoms with Gasteiger partial charge >= 0.3 is 5.69 Å². The van der Waals surface area contributed by atoms with E-state index in [1.807, 2.05) is 0 Å². The minimum Gasteiger partial charge on any atom is -0.394 e. The molecule has 4 N–H and O–H groups in total. The monoisotopic (exact) mass is 295 g/mol. The first-order valence-corrected chi connectivity index (χ1v) is 5.89. The molecule has 1 saturated heterocycles. The van der Waals surface area contributed by atoms with Crippen LogP contribution in [0.15, 0.2) is 11.0 Å². The van der Waals surface area contributed by atoms with Crippen LogP contribution in [0, 0.1) is 0 Å². The molecular weight excluding hydrogens is 285 g/mol. The highest BCUT2D eigenvalue weighted by molar-refractivity contribution is 6.32. The summed E-state index contributed by atoms with van der Waals surface area (Å²) in [5, 5.41) is 17.9. The molecule has 0 aliphatic carbocycles. The van der Waals surface area contributed by atoms with E-state index in [4.69, 9.17) is 38.8 Å². The number of aromatic nitrogens is 2. The number of anilines is 1. The zero-order valence-corrected chi connectivity index (χ0v) is 10.5. The van der Waals surface area contributed by atoms with E-state index in [-0.39, 0.29) is 10.8 Å². The van der Waals surface area contributed by atoms with Crippen molar-refractivity contribution in [1.29, 1.82) is 0 Å². The van der Waals surface area contributed by atoms with Crippen molar-refractivity contribution in [3.05, 3.63) is 21.7 Å². The predicted molar refractivity (Wildman–Crippen MR) is 64.6 cm³/mol. The molecule has 0 spiro atoms. The van der Waals surface area contributed by atoms with Crippen molar-refractivity contribution in [3.8, 4) is 0 Å². The van der Waals surface area contributed by atoms with Crippen LogP contribution in [0.2, 0.25) is 5.02 Å². The van der Waals surface area contributed by atoms with Gasteiger partial charge in [-0.1, -0.05) is 11.6 Å². The number of rotatable bonds is 2. The summed E-state index contributed by atoms with van der Waals surface area (Å²) in [6.07, 6.45) is -1.68. The van der Waals surface area contributed by atoms with Crippen LogP contribution in [0.5, 0.6) is 0 Å². The molecule has 0 aromatic carbocycles. The maximum absolute atomic E-state index is 11.7. The van der Waals surface area contributed by atoms with Crippen LogP contribution >= 0.6 is 23.2 Å². The standard InChI is InChI=1S/C9H11Cl2N3O4/c10-3-1-14(9(17)13-7(3)12)8-5(11)6(16)4(2-15)18-8/h1,4-6,8,15-16H,2H2,(H2,12,13,17)/t4-,5-,6-,8?/m1/s1. The first-order chi connectivity index (χ1) is 8.45. The van der Waals surface area contributed by atoms with Gasteiger partial charge < -0.3 is 20.7 Å². The predicted octanol–water partition coefficient (Wildman–Crippen LogP) is -0.663. The second-order valence-electron chi connectivity index (χ2n) is 3.85. The van der Waals surface area contributed by atoms with E-state index in [2.05, 4.69) is 4.98 Å². The van der Waals surface area contributed by atoms with Crippen molar-refractivity contribution in [3.63, 3.8) is 0 Å². The third-order valence-electron chi connectivity index (χ3n) is 2.68. The number of nitrogens with zero attached hydrogens (tertiary/aromatic N) is 2. The quantitative estimate of drug-likeness (QED) is 0.625. The summed E-state index contributed by atoms with van der Waals surface area (Å²) in [7, 11) is 0. The number of nitrogen functional groups attached to an aromatic ring is 1. The number of hydrogen-bond acceptors (Lipinski definition) is 6. The molecule has 9 heteroatoms. The average molecular weight is 296 g/mol. The normalized spacial score (nSPS) is 31.8. The molecule has 0 bridgehead atoms. The number of hydrogen-bond donors (Lipinski definition) is 3. The molecule has 7 nitrogen and oxygen atoms in total. The lowest BCUT2D eigenvalue weighted by Gasteiger charge is -2.16. The van der Waals surface area contributed by atoms with Gasteiger partial charge in [-0.2, -0.15) is 4.98 Å². The Morgan fingerprint density at radius 3 is 2.83 bits per heavy atom. The first-order valence-electron chi connectivity index (χ1n) is 5.08. The maximum atomic E-state index is 11.7. The van der Waals surface area contributed by atoms with Crippen LogP contribution in [-0.4, -0.2) is 44.0 Å². The zero-order valence-electron chi connectivity index (χ0n) is 9.03. The van der Waals surface area contributed by atoms with Gasteiger partial charge in [0, 0.05) is 6.20 Å². The van der Waals surface area contributed by atoms with E-state index >= 15 is 0 Å². The van der Waals surface area contributed by atoms with E-state index in [0.717, 1.165) is 4.57 Å². The lowest BCUT2D eigenvalue weighted by molar-refractivity contribution is -0.0457. The molecule has 1 unspecified atom stereocenters. The molecule has 0 radical (unpaired) electrons. The van der Waals surface area contributed by atoms with E-state index < -0.39 is 36.1 Å². The van der Waals surface area contributed by atoms with Gasteiger partial charge in [-0.3, -0.25) is 4.57 Å². The van der Waals surface area contributed by atoms with Crippen LogP contribution in [0.1, 0.15) is 6.23 Å². The Morgan fingerprint density at radius 2 is 2.28 bits per heavy atom. The molecule has 1 aliphatic rings. The molecule has 1 aliphatic heterocycles. The van der Waals surface area contributed by atoms with Crippen LogP contribution < -0.4 is 11.4 Å². The van der Waals surface area contributed by atoms with E-state index in [1.54, 1.807) is 0 Å². The Morgan fingerprint density at radius 1 is 1.61 bits per heavy atom. The molecule has 100 valence electrons. The highest BCUT2D eigenvalue weighted by atomic mass is 35.5. The van der Waals surface area contributed by atoms with Crippen LogP contribution in [-0.2, 0) is 4.74 Å². The largest absolute Gasteiger partial charge is 0.394 e. The van der Waals surface area contributed by atoms with Crippen LogP contribution in [0.4, 0.5) is 5.82 Å². The molecule has 2 rings (SSSR count). The smallest absolute Gasteiger partial charge is 0.351 e. The summed E-state index contributed by atoms with van der Waals surface area (Å²) in [6, 6.07) is 0. The Balaban J connectivity index is 2.39. The van der Waals surface area contributed by atoms with Gasteiger partial charge in [-0.25, -0.2) is 4.79 Å². The molecule has 4 atom stereocenters. The van der Waals surface area contributed by atoms with Gasteiger partial charge in [-0.05, 0) is 0 Å². The van der Waals surface area contributed by atoms with Crippen molar-refractivity contribution in [2.24, 2.45) is 0 Å². The summed E-state index contributed by atoms with van der Waals surface area (Å²) < 4.78 is 6.33. The fraction of sp³-hybridized carbons (Fsp3) is 0.556. The number of alkyl halides is 1.